The Morgan fingerprint density at radius 2 is 1.37 bits per heavy atom. The van der Waals surface area contributed by atoms with E-state index < -0.39 is 14.3 Å². The zero-order chi connectivity index (χ0) is 14.6. The van der Waals surface area contributed by atoms with Crippen LogP contribution in [0.5, 0.6) is 0 Å². The van der Waals surface area contributed by atoms with Gasteiger partial charge in [-0.3, -0.25) is 0 Å². The number of hydrogen-bond acceptors (Lipinski definition) is 2. The standard InChI is InChI=1S/C15H29ClO2S/c1-3-5-6-7-8-9-10-11-12-13-14-15(4-2)19(16,17)18/h4,15H,2-3,5-14H2,1H3. The first-order valence-electron chi connectivity index (χ1n) is 7.58. The molecule has 19 heavy (non-hydrogen) atoms. The molecule has 0 radical (unpaired) electrons. The van der Waals surface area contributed by atoms with Crippen LogP contribution >= 0.6 is 10.7 Å². The van der Waals surface area contributed by atoms with E-state index in [-0.39, 0.29) is 0 Å². The maximum Gasteiger partial charge on any atom is 0.239 e. The molecule has 4 heteroatoms. The Morgan fingerprint density at radius 1 is 0.947 bits per heavy atom. The van der Waals surface area contributed by atoms with Gasteiger partial charge in [0, 0.05) is 10.7 Å². The van der Waals surface area contributed by atoms with Gasteiger partial charge in [0.05, 0.1) is 5.25 Å². The topological polar surface area (TPSA) is 34.1 Å². The lowest BCUT2D eigenvalue weighted by Crippen LogP contribution is -2.12. The molecule has 0 aliphatic heterocycles. The van der Waals surface area contributed by atoms with Crippen LogP contribution in [0.1, 0.15) is 77.6 Å². The summed E-state index contributed by atoms with van der Waals surface area (Å²) in [6.45, 7) is 5.76. The minimum atomic E-state index is -3.47. The number of hydrogen-bond donors (Lipinski definition) is 0. The largest absolute Gasteiger partial charge is 0.239 e. The fourth-order valence-corrected chi connectivity index (χ4v) is 3.37. The normalized spacial score (nSPS) is 13.4. The molecule has 0 aliphatic carbocycles. The number of unbranched alkanes of at least 4 members (excludes halogenated alkanes) is 9. The summed E-state index contributed by atoms with van der Waals surface area (Å²) in [7, 11) is 1.85. The molecule has 114 valence electrons. The van der Waals surface area contributed by atoms with Crippen molar-refractivity contribution in [1.82, 2.24) is 0 Å². The van der Waals surface area contributed by atoms with Crippen LogP contribution in [0.25, 0.3) is 0 Å². The van der Waals surface area contributed by atoms with E-state index in [4.69, 9.17) is 10.7 Å². The van der Waals surface area contributed by atoms with E-state index in [1.54, 1.807) is 0 Å². The molecule has 2 nitrogen and oxygen atoms in total. The van der Waals surface area contributed by atoms with Crippen LogP contribution in [0.15, 0.2) is 12.7 Å². The van der Waals surface area contributed by atoms with Crippen molar-refractivity contribution >= 4 is 19.7 Å². The molecule has 0 fully saturated rings. The van der Waals surface area contributed by atoms with Crippen molar-refractivity contribution in [3.05, 3.63) is 12.7 Å². The Balaban J connectivity index is 3.38. The van der Waals surface area contributed by atoms with Crippen molar-refractivity contribution in [2.75, 3.05) is 0 Å². The maximum atomic E-state index is 11.1. The van der Waals surface area contributed by atoms with Gasteiger partial charge < -0.3 is 0 Å². The van der Waals surface area contributed by atoms with Crippen molar-refractivity contribution in [1.29, 1.82) is 0 Å². The third-order valence-electron chi connectivity index (χ3n) is 3.47. The number of rotatable bonds is 13. The van der Waals surface area contributed by atoms with Crippen LogP contribution in [-0.4, -0.2) is 13.7 Å². The zero-order valence-electron chi connectivity index (χ0n) is 12.2. The summed E-state index contributed by atoms with van der Waals surface area (Å²) in [6.07, 6.45) is 14.5. The van der Waals surface area contributed by atoms with Crippen molar-refractivity contribution < 1.29 is 8.42 Å². The summed E-state index contributed by atoms with van der Waals surface area (Å²) in [5.74, 6) is 0. The van der Waals surface area contributed by atoms with E-state index in [2.05, 4.69) is 13.5 Å². The second-order valence-electron chi connectivity index (χ2n) is 5.22. The highest BCUT2D eigenvalue weighted by atomic mass is 35.7. The molecule has 0 rings (SSSR count). The monoisotopic (exact) mass is 308 g/mol. The third kappa shape index (κ3) is 11.5. The molecule has 0 N–H and O–H groups in total. The van der Waals surface area contributed by atoms with Gasteiger partial charge >= 0.3 is 0 Å². The first-order valence-corrected chi connectivity index (χ1v) is 9.95. The van der Waals surface area contributed by atoms with Crippen LogP contribution in [0, 0.1) is 0 Å². The zero-order valence-corrected chi connectivity index (χ0v) is 13.8. The first-order chi connectivity index (χ1) is 9.02. The molecule has 0 aliphatic rings. The lowest BCUT2D eigenvalue weighted by Gasteiger charge is -2.08. The Labute approximate surface area is 124 Å². The molecule has 0 aromatic carbocycles. The van der Waals surface area contributed by atoms with Crippen LogP contribution < -0.4 is 0 Å². The summed E-state index contributed by atoms with van der Waals surface area (Å²) in [5.41, 5.74) is 0. The fourth-order valence-electron chi connectivity index (χ4n) is 2.21. The molecule has 1 atom stereocenters. The Kier molecular flexibility index (Phi) is 11.8. The highest BCUT2D eigenvalue weighted by Crippen LogP contribution is 2.17. The lowest BCUT2D eigenvalue weighted by atomic mass is 10.1. The maximum absolute atomic E-state index is 11.1. The van der Waals surface area contributed by atoms with E-state index in [1.807, 2.05) is 0 Å². The van der Waals surface area contributed by atoms with Crippen molar-refractivity contribution in [3.8, 4) is 0 Å². The van der Waals surface area contributed by atoms with Gasteiger partial charge in [0.1, 0.15) is 0 Å². The minimum absolute atomic E-state index is 0.580. The van der Waals surface area contributed by atoms with Gasteiger partial charge in [-0.25, -0.2) is 8.42 Å². The van der Waals surface area contributed by atoms with Gasteiger partial charge in [-0.05, 0) is 6.42 Å². The first kappa shape index (κ1) is 19.0. The summed E-state index contributed by atoms with van der Waals surface area (Å²) in [5, 5.41) is -0.580. The molecule has 0 amide bonds. The highest BCUT2D eigenvalue weighted by Gasteiger charge is 2.18. The smallest absolute Gasteiger partial charge is 0.212 e. The molecule has 1 unspecified atom stereocenters. The van der Waals surface area contributed by atoms with E-state index >= 15 is 0 Å². The molecular formula is C15H29ClO2S. The van der Waals surface area contributed by atoms with E-state index in [1.165, 1.54) is 57.4 Å². The van der Waals surface area contributed by atoms with Gasteiger partial charge in [-0.2, -0.15) is 0 Å². The Hall–Kier alpha value is -0.0200. The minimum Gasteiger partial charge on any atom is -0.212 e. The lowest BCUT2D eigenvalue weighted by molar-refractivity contribution is 0.547. The molecule has 0 aromatic rings. The molecule has 0 heterocycles. The molecule has 0 aromatic heterocycles. The van der Waals surface area contributed by atoms with Gasteiger partial charge in [-0.1, -0.05) is 77.2 Å². The van der Waals surface area contributed by atoms with Crippen molar-refractivity contribution in [3.63, 3.8) is 0 Å². The molecule has 0 bridgehead atoms. The quantitative estimate of drug-likeness (QED) is 0.258. The molecular weight excluding hydrogens is 280 g/mol. The summed E-state index contributed by atoms with van der Waals surface area (Å²) >= 11 is 0. The summed E-state index contributed by atoms with van der Waals surface area (Å²) in [4.78, 5) is 0. The van der Waals surface area contributed by atoms with Crippen molar-refractivity contribution in [2.24, 2.45) is 0 Å². The van der Waals surface area contributed by atoms with Crippen LogP contribution in [0.3, 0.4) is 0 Å². The van der Waals surface area contributed by atoms with E-state index in [0.717, 1.165) is 12.8 Å². The van der Waals surface area contributed by atoms with Gasteiger partial charge in [-0.15, -0.1) is 6.58 Å². The summed E-state index contributed by atoms with van der Waals surface area (Å²) in [6, 6.07) is 0. The molecule has 0 saturated heterocycles. The van der Waals surface area contributed by atoms with Gasteiger partial charge in [0.25, 0.3) is 0 Å². The van der Waals surface area contributed by atoms with Gasteiger partial charge in [0.2, 0.25) is 9.05 Å². The second-order valence-corrected chi connectivity index (χ2v) is 8.07. The predicted molar refractivity (Wildman–Crippen MR) is 85.2 cm³/mol. The van der Waals surface area contributed by atoms with Crippen LogP contribution in [0.4, 0.5) is 0 Å². The van der Waals surface area contributed by atoms with Crippen LogP contribution in [-0.2, 0) is 9.05 Å². The third-order valence-corrected chi connectivity index (χ3v) is 5.30. The average Bonchev–Trinajstić information content (AvgIpc) is 2.34. The highest BCUT2D eigenvalue weighted by molar-refractivity contribution is 8.14. The number of halogens is 1. The Morgan fingerprint density at radius 3 is 1.74 bits per heavy atom. The van der Waals surface area contributed by atoms with Crippen molar-refractivity contribution in [2.45, 2.75) is 82.8 Å². The van der Waals surface area contributed by atoms with E-state index in [0.29, 0.717) is 6.42 Å². The molecule has 0 saturated carbocycles. The van der Waals surface area contributed by atoms with Crippen LogP contribution in [0.2, 0.25) is 0 Å². The van der Waals surface area contributed by atoms with E-state index in [9.17, 15) is 8.42 Å². The van der Waals surface area contributed by atoms with Gasteiger partial charge in [0.15, 0.2) is 0 Å². The average molecular weight is 309 g/mol. The second kappa shape index (κ2) is 11.8. The fraction of sp³-hybridized carbons (Fsp3) is 0.867. The molecule has 0 spiro atoms. The Bertz CT molecular complexity index is 312. The summed E-state index contributed by atoms with van der Waals surface area (Å²) < 4.78 is 22.3. The predicted octanol–water partition coefficient (Wildman–Crippen LogP) is 5.42. The SMILES string of the molecule is C=CC(CCCCCCCCCCCC)S(=O)(=O)Cl.